The minimum Gasteiger partial charge on any atom is -0.375 e. The van der Waals surface area contributed by atoms with E-state index >= 15 is 0 Å². The molecule has 112 valence electrons. The van der Waals surface area contributed by atoms with Gasteiger partial charge >= 0.3 is 0 Å². The molecule has 22 heavy (non-hydrogen) atoms. The lowest BCUT2D eigenvalue weighted by Gasteiger charge is -2.06. The van der Waals surface area contributed by atoms with Crippen LogP contribution >= 0.6 is 0 Å². The molecule has 3 rings (SSSR count). The van der Waals surface area contributed by atoms with Crippen LogP contribution in [0, 0.1) is 0 Å². The second kappa shape index (κ2) is 6.41. The summed E-state index contributed by atoms with van der Waals surface area (Å²) in [5.41, 5.74) is 1.86. The van der Waals surface area contributed by atoms with E-state index in [2.05, 4.69) is 34.7 Å². The molecule has 0 saturated heterocycles. The van der Waals surface area contributed by atoms with Crippen LogP contribution in [0.4, 0.5) is 5.69 Å². The molecule has 0 aliphatic rings. The van der Waals surface area contributed by atoms with Crippen molar-refractivity contribution in [3.05, 3.63) is 60.4 Å². The quantitative estimate of drug-likeness (QED) is 0.787. The van der Waals surface area contributed by atoms with E-state index in [0.717, 1.165) is 0 Å². The van der Waals surface area contributed by atoms with Crippen molar-refractivity contribution in [2.45, 2.75) is 6.54 Å². The first kappa shape index (κ1) is 14.3. The van der Waals surface area contributed by atoms with E-state index in [4.69, 9.17) is 4.74 Å². The Bertz CT molecular complexity index is 790. The number of hydrogen-bond donors (Lipinski definition) is 1. The third kappa shape index (κ3) is 3.15. The summed E-state index contributed by atoms with van der Waals surface area (Å²) in [5.74, 6) is -0.188. The van der Waals surface area contributed by atoms with Crippen LogP contribution in [0.5, 0.6) is 0 Å². The molecule has 1 N–H and O–H groups in total. The van der Waals surface area contributed by atoms with Crippen molar-refractivity contribution in [2.24, 2.45) is 0 Å². The van der Waals surface area contributed by atoms with Crippen molar-refractivity contribution in [1.29, 1.82) is 0 Å². The Hall–Kier alpha value is -2.66. The molecular weight excluding hydrogens is 278 g/mol. The summed E-state index contributed by atoms with van der Waals surface area (Å²) in [6, 6.07) is 14.5. The van der Waals surface area contributed by atoms with E-state index in [1.807, 2.05) is 29.1 Å². The number of carbonyl (C=O) groups excluding carboxylic acids is 1. The summed E-state index contributed by atoms with van der Waals surface area (Å²) in [7, 11) is 1.49. The fourth-order valence-electron chi connectivity index (χ4n) is 2.45. The Labute approximate surface area is 128 Å². The zero-order chi connectivity index (χ0) is 15.4. The first-order valence-corrected chi connectivity index (χ1v) is 7.04. The molecule has 5 nitrogen and oxygen atoms in total. The van der Waals surface area contributed by atoms with Gasteiger partial charge in [-0.25, -0.2) is 0 Å². The van der Waals surface area contributed by atoms with Crippen molar-refractivity contribution in [2.75, 3.05) is 19.0 Å². The number of rotatable bonds is 5. The molecule has 0 radical (unpaired) electrons. The molecule has 2 aromatic carbocycles. The van der Waals surface area contributed by atoms with Gasteiger partial charge in [-0.1, -0.05) is 42.5 Å². The van der Waals surface area contributed by atoms with Gasteiger partial charge < -0.3 is 10.1 Å². The highest BCUT2D eigenvalue weighted by Crippen LogP contribution is 2.19. The molecular formula is C17H17N3O2. The molecule has 3 aromatic rings. The van der Waals surface area contributed by atoms with Crippen molar-refractivity contribution in [3.8, 4) is 0 Å². The van der Waals surface area contributed by atoms with Gasteiger partial charge in [-0.2, -0.15) is 5.10 Å². The zero-order valence-electron chi connectivity index (χ0n) is 12.3. The lowest BCUT2D eigenvalue weighted by atomic mass is 10.0. The maximum absolute atomic E-state index is 11.5. The maximum Gasteiger partial charge on any atom is 0.250 e. The van der Waals surface area contributed by atoms with Crippen molar-refractivity contribution < 1.29 is 9.53 Å². The van der Waals surface area contributed by atoms with Crippen LogP contribution in [0.3, 0.4) is 0 Å². The fourth-order valence-corrected chi connectivity index (χ4v) is 2.45. The minimum absolute atomic E-state index is 0.0362. The van der Waals surface area contributed by atoms with Crippen molar-refractivity contribution in [1.82, 2.24) is 9.78 Å². The Kier molecular flexibility index (Phi) is 4.16. The summed E-state index contributed by atoms with van der Waals surface area (Å²) < 4.78 is 6.60. The molecule has 0 spiro atoms. The van der Waals surface area contributed by atoms with E-state index < -0.39 is 0 Å². The molecule has 1 amide bonds. The van der Waals surface area contributed by atoms with Crippen LogP contribution < -0.4 is 5.32 Å². The third-order valence-corrected chi connectivity index (χ3v) is 3.40. The van der Waals surface area contributed by atoms with Gasteiger partial charge in [0.2, 0.25) is 5.91 Å². The van der Waals surface area contributed by atoms with Crippen LogP contribution in [0.15, 0.2) is 54.9 Å². The van der Waals surface area contributed by atoms with Gasteiger partial charge in [0.1, 0.15) is 6.61 Å². The van der Waals surface area contributed by atoms with E-state index in [9.17, 15) is 4.79 Å². The molecule has 0 aliphatic carbocycles. The lowest BCUT2D eigenvalue weighted by molar-refractivity contribution is -0.119. The number of nitrogens with zero attached hydrogens (tertiary/aromatic N) is 2. The summed E-state index contributed by atoms with van der Waals surface area (Å²) in [4.78, 5) is 11.5. The smallest absolute Gasteiger partial charge is 0.250 e. The molecule has 0 fully saturated rings. The number of hydrogen-bond acceptors (Lipinski definition) is 3. The van der Waals surface area contributed by atoms with Crippen LogP contribution in [0.25, 0.3) is 10.8 Å². The summed E-state index contributed by atoms with van der Waals surface area (Å²) >= 11 is 0. The van der Waals surface area contributed by atoms with Crippen LogP contribution in [0.1, 0.15) is 5.56 Å². The molecule has 0 aliphatic heterocycles. The van der Waals surface area contributed by atoms with Crippen LogP contribution in [-0.2, 0) is 16.1 Å². The van der Waals surface area contributed by atoms with E-state index in [0.29, 0.717) is 12.2 Å². The van der Waals surface area contributed by atoms with Gasteiger partial charge in [0, 0.05) is 13.3 Å². The number of ether oxygens (including phenoxy) is 1. The fraction of sp³-hybridized carbons (Fsp3) is 0.176. The number of carbonyl (C=O) groups is 1. The minimum atomic E-state index is -0.188. The second-order valence-electron chi connectivity index (χ2n) is 5.05. The topological polar surface area (TPSA) is 56.1 Å². The second-order valence-corrected chi connectivity index (χ2v) is 5.05. The molecule has 0 atom stereocenters. The van der Waals surface area contributed by atoms with Crippen LogP contribution in [-0.4, -0.2) is 29.4 Å². The zero-order valence-corrected chi connectivity index (χ0v) is 12.3. The van der Waals surface area contributed by atoms with Gasteiger partial charge in [0.15, 0.2) is 0 Å². The number of anilines is 1. The summed E-state index contributed by atoms with van der Waals surface area (Å²) in [6.07, 6.45) is 3.45. The Balaban J connectivity index is 1.78. The largest absolute Gasteiger partial charge is 0.375 e. The highest BCUT2D eigenvalue weighted by atomic mass is 16.5. The summed E-state index contributed by atoms with van der Waals surface area (Å²) in [5, 5.41) is 9.45. The molecule has 0 unspecified atom stereocenters. The van der Waals surface area contributed by atoms with Gasteiger partial charge in [-0.05, 0) is 16.3 Å². The normalized spacial score (nSPS) is 10.8. The Morgan fingerprint density at radius 3 is 2.91 bits per heavy atom. The first-order valence-electron chi connectivity index (χ1n) is 7.04. The number of nitrogens with one attached hydrogen (secondary N) is 1. The third-order valence-electron chi connectivity index (χ3n) is 3.40. The van der Waals surface area contributed by atoms with E-state index in [-0.39, 0.29) is 12.5 Å². The predicted octanol–water partition coefficient (Wildman–Crippen LogP) is 2.67. The highest BCUT2D eigenvalue weighted by molar-refractivity contribution is 5.91. The average Bonchev–Trinajstić information content (AvgIpc) is 2.95. The van der Waals surface area contributed by atoms with Crippen molar-refractivity contribution >= 4 is 22.4 Å². The number of fused-ring (bicyclic) bond motifs is 1. The number of benzene rings is 2. The standard InChI is InChI=1S/C17H17N3O2/c1-22-12-17(21)19-15-9-18-20(11-15)10-14-7-4-6-13-5-2-3-8-16(13)14/h2-9,11H,10,12H2,1H3,(H,19,21). The van der Waals surface area contributed by atoms with E-state index in [1.54, 1.807) is 6.20 Å². The summed E-state index contributed by atoms with van der Waals surface area (Å²) in [6.45, 7) is 0.690. The molecule has 0 bridgehead atoms. The molecule has 5 heteroatoms. The monoisotopic (exact) mass is 295 g/mol. The Morgan fingerprint density at radius 1 is 1.23 bits per heavy atom. The maximum atomic E-state index is 11.5. The van der Waals surface area contributed by atoms with Gasteiger partial charge in [-0.3, -0.25) is 9.48 Å². The van der Waals surface area contributed by atoms with Crippen LogP contribution in [0.2, 0.25) is 0 Å². The first-order chi connectivity index (χ1) is 10.8. The Morgan fingerprint density at radius 2 is 2.05 bits per heavy atom. The highest BCUT2D eigenvalue weighted by Gasteiger charge is 2.06. The SMILES string of the molecule is COCC(=O)Nc1cnn(Cc2cccc3ccccc23)c1. The van der Waals surface area contributed by atoms with Gasteiger partial charge in [-0.15, -0.1) is 0 Å². The molecule has 0 saturated carbocycles. The number of aromatic nitrogens is 2. The van der Waals surface area contributed by atoms with Gasteiger partial charge in [0.25, 0.3) is 0 Å². The van der Waals surface area contributed by atoms with Gasteiger partial charge in [0.05, 0.1) is 18.4 Å². The average molecular weight is 295 g/mol. The number of methoxy groups -OCH3 is 1. The van der Waals surface area contributed by atoms with Crippen molar-refractivity contribution in [3.63, 3.8) is 0 Å². The molecule has 1 aromatic heterocycles. The molecule has 1 heterocycles. The predicted molar refractivity (Wildman–Crippen MR) is 85.8 cm³/mol. The number of amides is 1. The van der Waals surface area contributed by atoms with E-state index in [1.165, 1.54) is 23.4 Å². The lowest BCUT2D eigenvalue weighted by Crippen LogP contribution is -2.16.